The second-order valence-electron chi connectivity index (χ2n) is 5.37. The van der Waals surface area contributed by atoms with Crippen molar-refractivity contribution in [1.82, 2.24) is 9.80 Å². The van der Waals surface area contributed by atoms with E-state index in [1.54, 1.807) is 32.1 Å². The molecule has 2 rings (SSSR count). The third-order valence-electron chi connectivity index (χ3n) is 4.05. The molecule has 1 aliphatic rings. The summed E-state index contributed by atoms with van der Waals surface area (Å²) in [5.41, 5.74) is 0.847. The Hall–Kier alpha value is -2.46. The van der Waals surface area contributed by atoms with E-state index in [0.29, 0.717) is 44.3 Å². The summed E-state index contributed by atoms with van der Waals surface area (Å²) in [6.07, 6.45) is -0.295. The zero-order valence-corrected chi connectivity index (χ0v) is 14.3. The summed E-state index contributed by atoms with van der Waals surface area (Å²) in [5, 5.41) is 9.61. The van der Waals surface area contributed by atoms with Gasteiger partial charge in [0.05, 0.1) is 26.9 Å². The van der Waals surface area contributed by atoms with Crippen LogP contribution in [0.15, 0.2) is 18.2 Å². The third kappa shape index (κ3) is 3.89. The minimum Gasteiger partial charge on any atom is -0.493 e. The van der Waals surface area contributed by atoms with E-state index in [0.717, 1.165) is 5.56 Å². The highest BCUT2D eigenvalue weighted by molar-refractivity contribution is 5.67. The molecule has 0 aliphatic carbocycles. The molecule has 1 aromatic carbocycles. The number of ether oxygens (including phenoxy) is 3. The van der Waals surface area contributed by atoms with Crippen molar-refractivity contribution in [3.8, 4) is 17.6 Å². The molecule has 1 aromatic rings. The van der Waals surface area contributed by atoms with Gasteiger partial charge in [-0.1, -0.05) is 6.07 Å². The van der Waals surface area contributed by atoms with Crippen LogP contribution in [0.2, 0.25) is 0 Å². The lowest BCUT2D eigenvalue weighted by Gasteiger charge is -2.36. The molecular formula is C17H23N3O4. The standard InChI is InChI=1S/C17H23N3O4/c1-4-24-17(21)20-9-7-19(8-10-20)14(12-18)13-5-6-15(22-2)16(11-13)23-3/h5-6,11,14H,4,7-10H2,1-3H3. The number of hydrogen-bond acceptors (Lipinski definition) is 6. The van der Waals surface area contributed by atoms with Crippen LogP contribution in [-0.2, 0) is 4.74 Å². The fourth-order valence-electron chi connectivity index (χ4n) is 2.77. The molecule has 7 heteroatoms. The maximum absolute atomic E-state index is 11.8. The topological polar surface area (TPSA) is 75.0 Å². The van der Waals surface area contributed by atoms with Crippen LogP contribution in [0.5, 0.6) is 11.5 Å². The first kappa shape index (κ1) is 17.9. The molecular weight excluding hydrogens is 310 g/mol. The summed E-state index contributed by atoms with van der Waals surface area (Å²) >= 11 is 0. The predicted molar refractivity (Wildman–Crippen MR) is 88.1 cm³/mol. The number of hydrogen-bond donors (Lipinski definition) is 0. The summed E-state index contributed by atoms with van der Waals surface area (Å²) in [7, 11) is 3.15. The van der Waals surface area contributed by atoms with Gasteiger partial charge in [-0.15, -0.1) is 0 Å². The first-order valence-corrected chi connectivity index (χ1v) is 7.91. The first-order valence-electron chi connectivity index (χ1n) is 7.91. The first-order chi connectivity index (χ1) is 11.6. The second kappa shape index (κ2) is 8.41. The molecule has 1 atom stereocenters. The van der Waals surface area contributed by atoms with Crippen molar-refractivity contribution in [2.75, 3.05) is 47.0 Å². The van der Waals surface area contributed by atoms with E-state index < -0.39 is 6.04 Å². The lowest BCUT2D eigenvalue weighted by molar-refractivity contribution is 0.0733. The molecule has 24 heavy (non-hydrogen) atoms. The molecule has 1 unspecified atom stereocenters. The summed E-state index contributed by atoms with van der Waals surface area (Å²) in [6.45, 7) is 4.48. The van der Waals surface area contributed by atoms with Gasteiger partial charge < -0.3 is 19.1 Å². The Labute approximate surface area is 142 Å². The van der Waals surface area contributed by atoms with E-state index in [1.165, 1.54) is 0 Å². The van der Waals surface area contributed by atoms with E-state index in [9.17, 15) is 10.1 Å². The molecule has 7 nitrogen and oxygen atoms in total. The fraction of sp³-hybridized carbons (Fsp3) is 0.529. The van der Waals surface area contributed by atoms with Gasteiger partial charge in [-0.2, -0.15) is 5.26 Å². The highest BCUT2D eigenvalue weighted by atomic mass is 16.6. The Bertz CT molecular complexity index is 606. The predicted octanol–water partition coefficient (Wildman–Crippen LogP) is 2.04. The lowest BCUT2D eigenvalue weighted by atomic mass is 10.0. The average molecular weight is 333 g/mol. The highest BCUT2D eigenvalue weighted by Gasteiger charge is 2.28. The maximum atomic E-state index is 11.8. The van der Waals surface area contributed by atoms with Gasteiger partial charge in [-0.3, -0.25) is 4.90 Å². The van der Waals surface area contributed by atoms with Crippen LogP contribution in [0, 0.1) is 11.3 Å². The lowest BCUT2D eigenvalue weighted by Crippen LogP contribution is -2.49. The Morgan fingerprint density at radius 2 is 1.88 bits per heavy atom. The van der Waals surface area contributed by atoms with E-state index in [2.05, 4.69) is 11.0 Å². The highest BCUT2D eigenvalue weighted by Crippen LogP contribution is 2.32. The van der Waals surface area contributed by atoms with Crippen LogP contribution in [0.25, 0.3) is 0 Å². The Morgan fingerprint density at radius 3 is 2.42 bits per heavy atom. The van der Waals surface area contributed by atoms with Crippen molar-refractivity contribution in [1.29, 1.82) is 5.26 Å². The van der Waals surface area contributed by atoms with Crippen LogP contribution in [0.3, 0.4) is 0 Å². The van der Waals surface area contributed by atoms with Gasteiger partial charge in [0.2, 0.25) is 0 Å². The maximum Gasteiger partial charge on any atom is 0.409 e. The van der Waals surface area contributed by atoms with Crippen LogP contribution in [-0.4, -0.2) is 62.9 Å². The van der Waals surface area contributed by atoms with Crippen LogP contribution in [0.1, 0.15) is 18.5 Å². The monoisotopic (exact) mass is 333 g/mol. The van der Waals surface area contributed by atoms with Crippen molar-refractivity contribution in [2.45, 2.75) is 13.0 Å². The third-order valence-corrected chi connectivity index (χ3v) is 4.05. The molecule has 0 spiro atoms. The zero-order chi connectivity index (χ0) is 17.5. The van der Waals surface area contributed by atoms with Crippen LogP contribution in [0.4, 0.5) is 4.79 Å². The number of benzene rings is 1. The second-order valence-corrected chi connectivity index (χ2v) is 5.37. The molecule has 130 valence electrons. The summed E-state index contributed by atoms with van der Waals surface area (Å²) in [4.78, 5) is 15.5. The molecule has 1 saturated heterocycles. The van der Waals surface area contributed by atoms with Gasteiger partial charge in [0.25, 0.3) is 0 Å². The molecule has 1 amide bonds. The largest absolute Gasteiger partial charge is 0.493 e. The number of nitriles is 1. The van der Waals surface area contributed by atoms with Crippen molar-refractivity contribution in [3.63, 3.8) is 0 Å². The molecule has 0 N–H and O–H groups in total. The Morgan fingerprint density at radius 1 is 1.21 bits per heavy atom. The van der Waals surface area contributed by atoms with Gasteiger partial charge in [-0.05, 0) is 24.6 Å². The minimum atomic E-state index is -0.394. The molecule has 1 aliphatic heterocycles. The molecule has 1 heterocycles. The quantitative estimate of drug-likeness (QED) is 0.821. The summed E-state index contributed by atoms with van der Waals surface area (Å²) < 4.78 is 15.6. The van der Waals surface area contributed by atoms with Crippen molar-refractivity contribution in [2.24, 2.45) is 0 Å². The van der Waals surface area contributed by atoms with Crippen LogP contribution < -0.4 is 9.47 Å². The van der Waals surface area contributed by atoms with E-state index in [-0.39, 0.29) is 6.09 Å². The van der Waals surface area contributed by atoms with Crippen molar-refractivity contribution in [3.05, 3.63) is 23.8 Å². The van der Waals surface area contributed by atoms with E-state index >= 15 is 0 Å². The molecule has 0 radical (unpaired) electrons. The van der Waals surface area contributed by atoms with Gasteiger partial charge in [0.15, 0.2) is 11.5 Å². The average Bonchev–Trinajstić information content (AvgIpc) is 2.63. The van der Waals surface area contributed by atoms with Gasteiger partial charge in [0, 0.05) is 26.2 Å². The number of nitrogens with zero attached hydrogens (tertiary/aromatic N) is 3. The van der Waals surface area contributed by atoms with Crippen molar-refractivity contribution >= 4 is 6.09 Å². The number of methoxy groups -OCH3 is 2. The number of amides is 1. The Kier molecular flexibility index (Phi) is 6.27. The number of rotatable bonds is 5. The molecule has 0 bridgehead atoms. The summed E-state index contributed by atoms with van der Waals surface area (Å²) in [6, 6.07) is 7.44. The van der Waals surface area contributed by atoms with E-state index in [1.807, 2.05) is 12.1 Å². The van der Waals surface area contributed by atoms with Crippen molar-refractivity contribution < 1.29 is 19.0 Å². The SMILES string of the molecule is CCOC(=O)N1CCN(C(C#N)c2ccc(OC)c(OC)c2)CC1. The number of piperazine rings is 1. The van der Waals surface area contributed by atoms with Gasteiger partial charge in [0.1, 0.15) is 6.04 Å². The van der Waals surface area contributed by atoms with E-state index in [4.69, 9.17) is 14.2 Å². The zero-order valence-electron chi connectivity index (χ0n) is 14.3. The number of carbonyl (C=O) groups excluding carboxylic acids is 1. The number of carbonyl (C=O) groups is 1. The fourth-order valence-corrected chi connectivity index (χ4v) is 2.77. The molecule has 0 saturated carbocycles. The smallest absolute Gasteiger partial charge is 0.409 e. The van der Waals surface area contributed by atoms with Crippen LogP contribution >= 0.6 is 0 Å². The molecule has 1 fully saturated rings. The molecule has 0 aromatic heterocycles. The normalized spacial score (nSPS) is 16.2. The summed E-state index contributed by atoms with van der Waals surface area (Å²) in [5.74, 6) is 1.23. The minimum absolute atomic E-state index is 0.295. The van der Waals surface area contributed by atoms with Gasteiger partial charge in [-0.25, -0.2) is 4.79 Å². The van der Waals surface area contributed by atoms with Gasteiger partial charge >= 0.3 is 6.09 Å². The Balaban J connectivity index is 2.08.